The molecule has 104 valence electrons. The molecule has 0 amide bonds. The Balaban J connectivity index is 1.85. The first-order valence-electron chi connectivity index (χ1n) is 7.56. The molecular formula is C19H23N. The second-order valence-corrected chi connectivity index (χ2v) is 6.18. The average Bonchev–Trinajstić information content (AvgIpc) is 2.42. The van der Waals surface area contributed by atoms with Gasteiger partial charge in [-0.1, -0.05) is 35.9 Å². The third-order valence-electron chi connectivity index (χ3n) is 4.31. The van der Waals surface area contributed by atoms with Crippen molar-refractivity contribution in [2.24, 2.45) is 0 Å². The number of anilines is 1. The van der Waals surface area contributed by atoms with Crippen molar-refractivity contribution in [1.29, 1.82) is 0 Å². The lowest BCUT2D eigenvalue weighted by molar-refractivity contribution is 0.680. The lowest BCUT2D eigenvalue weighted by atomic mass is 9.93. The highest BCUT2D eigenvalue weighted by molar-refractivity contribution is 5.55. The van der Waals surface area contributed by atoms with E-state index in [-0.39, 0.29) is 0 Å². The summed E-state index contributed by atoms with van der Waals surface area (Å²) < 4.78 is 0. The van der Waals surface area contributed by atoms with Crippen LogP contribution in [0.15, 0.2) is 36.4 Å². The smallest absolute Gasteiger partial charge is 0.0374 e. The lowest BCUT2D eigenvalue weighted by Crippen LogP contribution is -2.21. The molecule has 1 unspecified atom stereocenters. The molecule has 20 heavy (non-hydrogen) atoms. The fourth-order valence-corrected chi connectivity index (χ4v) is 3.08. The predicted octanol–water partition coefficient (Wildman–Crippen LogP) is 4.64. The van der Waals surface area contributed by atoms with Crippen LogP contribution in [-0.4, -0.2) is 6.04 Å². The maximum atomic E-state index is 3.57. The first-order chi connectivity index (χ1) is 9.61. The first kappa shape index (κ1) is 13.2. The van der Waals surface area contributed by atoms with Gasteiger partial charge in [-0.05, 0) is 68.4 Å². The normalized spacial score (nSPS) is 17.4. The number of rotatable bonds is 2. The minimum absolute atomic E-state index is 0.604. The van der Waals surface area contributed by atoms with E-state index in [1.54, 1.807) is 0 Å². The molecule has 0 spiro atoms. The number of benzene rings is 2. The molecule has 2 aromatic carbocycles. The van der Waals surface area contributed by atoms with Gasteiger partial charge >= 0.3 is 0 Å². The van der Waals surface area contributed by atoms with Crippen molar-refractivity contribution in [1.82, 2.24) is 0 Å². The van der Waals surface area contributed by atoms with Gasteiger partial charge in [0.2, 0.25) is 0 Å². The molecule has 1 aliphatic rings. The van der Waals surface area contributed by atoms with Gasteiger partial charge in [-0.25, -0.2) is 0 Å². The quantitative estimate of drug-likeness (QED) is 0.834. The predicted molar refractivity (Wildman–Crippen MR) is 86.6 cm³/mol. The Labute approximate surface area is 122 Å². The fraction of sp³-hybridized carbons (Fsp3) is 0.368. The molecule has 0 saturated carbocycles. The number of nitrogens with one attached hydrogen (secondary N) is 1. The van der Waals surface area contributed by atoms with Gasteiger partial charge in [0.25, 0.3) is 0 Å². The number of fused-ring (bicyclic) bond motifs is 1. The Kier molecular flexibility index (Phi) is 3.52. The zero-order valence-electron chi connectivity index (χ0n) is 12.7. The fourth-order valence-electron chi connectivity index (χ4n) is 3.08. The van der Waals surface area contributed by atoms with Gasteiger partial charge in [-0.15, -0.1) is 0 Å². The molecule has 1 nitrogen and oxygen atoms in total. The van der Waals surface area contributed by atoms with E-state index in [2.05, 4.69) is 62.5 Å². The monoisotopic (exact) mass is 265 g/mol. The summed E-state index contributed by atoms with van der Waals surface area (Å²) >= 11 is 0. The van der Waals surface area contributed by atoms with E-state index in [4.69, 9.17) is 0 Å². The van der Waals surface area contributed by atoms with Gasteiger partial charge in [-0.3, -0.25) is 0 Å². The third kappa shape index (κ3) is 2.72. The summed E-state index contributed by atoms with van der Waals surface area (Å²) in [6.07, 6.45) is 3.47. The van der Waals surface area contributed by atoms with E-state index in [1.807, 2.05) is 0 Å². The Morgan fingerprint density at radius 1 is 1.10 bits per heavy atom. The zero-order chi connectivity index (χ0) is 14.1. The molecule has 0 aliphatic carbocycles. The summed E-state index contributed by atoms with van der Waals surface area (Å²) in [4.78, 5) is 0. The van der Waals surface area contributed by atoms with Crippen molar-refractivity contribution in [3.8, 4) is 0 Å². The minimum atomic E-state index is 0.604. The van der Waals surface area contributed by atoms with Crippen molar-refractivity contribution in [3.63, 3.8) is 0 Å². The van der Waals surface area contributed by atoms with E-state index in [1.165, 1.54) is 46.3 Å². The second-order valence-electron chi connectivity index (χ2n) is 6.18. The topological polar surface area (TPSA) is 12.0 Å². The van der Waals surface area contributed by atoms with Gasteiger partial charge in [0.1, 0.15) is 0 Å². The number of aryl methyl sites for hydroxylation is 3. The summed E-state index contributed by atoms with van der Waals surface area (Å²) in [5, 5.41) is 3.57. The molecule has 0 aromatic heterocycles. The molecule has 0 fully saturated rings. The highest BCUT2D eigenvalue weighted by Gasteiger charge is 2.14. The molecule has 1 heteroatoms. The van der Waals surface area contributed by atoms with Crippen LogP contribution in [0.4, 0.5) is 5.69 Å². The van der Waals surface area contributed by atoms with Crippen LogP contribution >= 0.6 is 0 Å². The summed E-state index contributed by atoms with van der Waals surface area (Å²) in [7, 11) is 0. The highest BCUT2D eigenvalue weighted by Crippen LogP contribution is 2.27. The molecule has 1 heterocycles. The van der Waals surface area contributed by atoms with Gasteiger partial charge in [0, 0.05) is 11.7 Å². The van der Waals surface area contributed by atoms with Crippen molar-refractivity contribution in [2.75, 3.05) is 5.32 Å². The molecule has 1 atom stereocenters. The van der Waals surface area contributed by atoms with Gasteiger partial charge < -0.3 is 5.32 Å². The SMILES string of the molecule is Cc1ccc(Cc2ccc3c(c2)CCC(C)N3)c(C)c1. The van der Waals surface area contributed by atoms with Crippen LogP contribution in [0, 0.1) is 13.8 Å². The van der Waals surface area contributed by atoms with Gasteiger partial charge in [0.05, 0.1) is 0 Å². The van der Waals surface area contributed by atoms with Crippen LogP contribution in [0.25, 0.3) is 0 Å². The molecule has 0 bridgehead atoms. The van der Waals surface area contributed by atoms with Crippen LogP contribution < -0.4 is 5.32 Å². The summed E-state index contributed by atoms with van der Waals surface area (Å²) in [6.45, 7) is 6.62. The minimum Gasteiger partial charge on any atom is -0.382 e. The number of hydrogen-bond donors (Lipinski definition) is 1. The van der Waals surface area contributed by atoms with Crippen molar-refractivity contribution in [3.05, 3.63) is 64.2 Å². The van der Waals surface area contributed by atoms with Crippen molar-refractivity contribution in [2.45, 2.75) is 46.1 Å². The average molecular weight is 265 g/mol. The lowest BCUT2D eigenvalue weighted by Gasteiger charge is -2.24. The van der Waals surface area contributed by atoms with Crippen LogP contribution in [0.5, 0.6) is 0 Å². The molecule has 1 aliphatic heterocycles. The maximum Gasteiger partial charge on any atom is 0.0374 e. The zero-order valence-corrected chi connectivity index (χ0v) is 12.7. The van der Waals surface area contributed by atoms with Gasteiger partial charge in [-0.2, -0.15) is 0 Å². The van der Waals surface area contributed by atoms with Crippen molar-refractivity contribution >= 4 is 5.69 Å². The van der Waals surface area contributed by atoms with E-state index in [0.29, 0.717) is 6.04 Å². The summed E-state index contributed by atoms with van der Waals surface area (Å²) in [5.41, 5.74) is 8.41. The van der Waals surface area contributed by atoms with Crippen molar-refractivity contribution < 1.29 is 0 Å². The first-order valence-corrected chi connectivity index (χ1v) is 7.56. The Morgan fingerprint density at radius 3 is 2.75 bits per heavy atom. The molecule has 2 aromatic rings. The maximum absolute atomic E-state index is 3.57. The molecule has 0 saturated heterocycles. The molecule has 3 rings (SSSR count). The largest absolute Gasteiger partial charge is 0.382 e. The Bertz CT molecular complexity index is 628. The third-order valence-corrected chi connectivity index (χ3v) is 4.31. The van der Waals surface area contributed by atoms with Crippen LogP contribution in [0.3, 0.4) is 0 Å². The molecule has 0 radical (unpaired) electrons. The van der Waals surface area contributed by atoms with E-state index < -0.39 is 0 Å². The second kappa shape index (κ2) is 5.32. The van der Waals surface area contributed by atoms with Crippen LogP contribution in [-0.2, 0) is 12.8 Å². The van der Waals surface area contributed by atoms with E-state index in [9.17, 15) is 0 Å². The number of hydrogen-bond acceptors (Lipinski definition) is 1. The molecule has 1 N–H and O–H groups in total. The van der Waals surface area contributed by atoms with Crippen LogP contribution in [0.1, 0.15) is 41.2 Å². The highest BCUT2D eigenvalue weighted by atomic mass is 14.9. The Morgan fingerprint density at radius 2 is 1.95 bits per heavy atom. The van der Waals surface area contributed by atoms with E-state index >= 15 is 0 Å². The Hall–Kier alpha value is -1.76. The summed E-state index contributed by atoms with van der Waals surface area (Å²) in [6, 6.07) is 14.3. The van der Waals surface area contributed by atoms with Crippen LogP contribution in [0.2, 0.25) is 0 Å². The van der Waals surface area contributed by atoms with E-state index in [0.717, 1.165) is 6.42 Å². The standard InChI is InChI=1S/C19H23N/c1-13-4-7-17(14(2)10-13)11-16-6-9-19-18(12-16)8-5-15(3)20-19/h4,6-7,9-10,12,15,20H,5,8,11H2,1-3H3. The summed E-state index contributed by atoms with van der Waals surface area (Å²) in [5.74, 6) is 0. The van der Waals surface area contributed by atoms with Gasteiger partial charge in [0.15, 0.2) is 0 Å². The molecular weight excluding hydrogens is 242 g/mol.